The van der Waals surface area contributed by atoms with Crippen molar-refractivity contribution in [1.29, 1.82) is 0 Å². The Labute approximate surface area is 123 Å². The molecule has 110 valence electrons. The lowest BCUT2D eigenvalue weighted by Gasteiger charge is -2.27. The van der Waals surface area contributed by atoms with Crippen LogP contribution in [0.15, 0.2) is 36.4 Å². The van der Waals surface area contributed by atoms with Crippen LogP contribution in [-0.2, 0) is 6.42 Å². The number of phenols is 2. The molecule has 1 aliphatic heterocycles. The summed E-state index contributed by atoms with van der Waals surface area (Å²) in [5.74, 6) is 0.574. The molecule has 0 saturated heterocycles. The first-order chi connectivity index (χ1) is 10.1. The van der Waals surface area contributed by atoms with Gasteiger partial charge in [0.1, 0.15) is 12.4 Å². The third-order valence-corrected chi connectivity index (χ3v) is 3.69. The molecule has 0 radical (unpaired) electrons. The minimum Gasteiger partial charge on any atom is -0.504 e. The van der Waals surface area contributed by atoms with E-state index in [1.165, 1.54) is 0 Å². The Morgan fingerprint density at radius 3 is 2.62 bits per heavy atom. The molecule has 1 atom stereocenters. The van der Waals surface area contributed by atoms with E-state index in [4.69, 9.17) is 10.5 Å². The number of hydrogen-bond acceptors (Lipinski definition) is 5. The third kappa shape index (κ3) is 2.87. The predicted octanol–water partition coefficient (Wildman–Crippen LogP) is 1.95. The number of benzene rings is 2. The summed E-state index contributed by atoms with van der Waals surface area (Å²) >= 11 is 0. The highest BCUT2D eigenvalue weighted by atomic mass is 16.5. The van der Waals surface area contributed by atoms with E-state index in [1.807, 2.05) is 12.1 Å². The molecule has 5 N–H and O–H groups in total. The lowest BCUT2D eigenvalue weighted by molar-refractivity contribution is 0.260. The average molecular weight is 286 g/mol. The average Bonchev–Trinajstić information content (AvgIpc) is 2.48. The Morgan fingerprint density at radius 1 is 1.14 bits per heavy atom. The van der Waals surface area contributed by atoms with Crippen LogP contribution in [0.4, 0.5) is 5.69 Å². The van der Waals surface area contributed by atoms with Crippen molar-refractivity contribution < 1.29 is 14.9 Å². The van der Waals surface area contributed by atoms with Gasteiger partial charge in [-0.25, -0.2) is 0 Å². The van der Waals surface area contributed by atoms with Crippen molar-refractivity contribution in [2.24, 2.45) is 0 Å². The van der Waals surface area contributed by atoms with Gasteiger partial charge in [-0.05, 0) is 60.5 Å². The first kappa shape index (κ1) is 13.6. The van der Waals surface area contributed by atoms with E-state index in [1.54, 1.807) is 24.3 Å². The van der Waals surface area contributed by atoms with Gasteiger partial charge in [0, 0.05) is 5.69 Å². The fraction of sp³-hybridized carbons (Fsp3) is 0.250. The number of nitrogens with two attached hydrogens (primary N) is 1. The molecule has 2 aromatic rings. The Bertz CT molecular complexity index is 641. The number of fused-ring (bicyclic) bond motifs is 1. The molecule has 0 saturated carbocycles. The summed E-state index contributed by atoms with van der Waals surface area (Å²) < 4.78 is 5.77. The quantitative estimate of drug-likeness (QED) is 0.511. The van der Waals surface area contributed by atoms with E-state index in [2.05, 4.69) is 5.32 Å². The maximum Gasteiger partial charge on any atom is 0.157 e. The largest absolute Gasteiger partial charge is 0.504 e. The van der Waals surface area contributed by atoms with E-state index < -0.39 is 0 Å². The molecular weight excluding hydrogens is 268 g/mol. The normalized spacial score (nSPS) is 17.2. The molecule has 1 heterocycles. The molecule has 3 rings (SSSR count). The molecule has 5 heteroatoms. The van der Waals surface area contributed by atoms with Crippen molar-refractivity contribution in [2.45, 2.75) is 12.5 Å². The zero-order chi connectivity index (χ0) is 14.8. The summed E-state index contributed by atoms with van der Waals surface area (Å²) in [7, 11) is 0. The molecule has 2 aromatic carbocycles. The van der Waals surface area contributed by atoms with Gasteiger partial charge in [0.05, 0.1) is 6.04 Å². The molecule has 21 heavy (non-hydrogen) atoms. The van der Waals surface area contributed by atoms with Crippen LogP contribution in [0.2, 0.25) is 0 Å². The monoisotopic (exact) mass is 286 g/mol. The smallest absolute Gasteiger partial charge is 0.157 e. The molecule has 0 amide bonds. The Balaban J connectivity index is 1.76. The zero-order valence-corrected chi connectivity index (χ0v) is 11.5. The van der Waals surface area contributed by atoms with Crippen LogP contribution in [0.1, 0.15) is 17.2 Å². The van der Waals surface area contributed by atoms with Crippen LogP contribution in [0.25, 0.3) is 0 Å². The van der Waals surface area contributed by atoms with E-state index in [-0.39, 0.29) is 17.5 Å². The van der Waals surface area contributed by atoms with Crippen molar-refractivity contribution in [3.8, 4) is 17.2 Å². The van der Waals surface area contributed by atoms with Gasteiger partial charge in [0.2, 0.25) is 0 Å². The van der Waals surface area contributed by atoms with Gasteiger partial charge >= 0.3 is 0 Å². The summed E-state index contributed by atoms with van der Waals surface area (Å²) in [5, 5.41) is 22.6. The number of nitrogen functional groups attached to an aromatic ring is 1. The van der Waals surface area contributed by atoms with Crippen LogP contribution in [-0.4, -0.2) is 23.4 Å². The van der Waals surface area contributed by atoms with E-state index in [9.17, 15) is 10.2 Å². The van der Waals surface area contributed by atoms with Crippen LogP contribution >= 0.6 is 0 Å². The van der Waals surface area contributed by atoms with Crippen LogP contribution in [0.5, 0.6) is 17.2 Å². The highest BCUT2D eigenvalue weighted by Crippen LogP contribution is 2.33. The second-order valence-corrected chi connectivity index (χ2v) is 5.18. The SMILES string of the molecule is Nc1ccc(OCC2NCCc3cc(O)c(O)cc32)cc1. The van der Waals surface area contributed by atoms with Gasteiger partial charge in [-0.1, -0.05) is 0 Å². The molecule has 0 bridgehead atoms. The number of hydrogen-bond donors (Lipinski definition) is 4. The Kier molecular flexibility index (Phi) is 3.58. The highest BCUT2D eigenvalue weighted by Gasteiger charge is 2.22. The van der Waals surface area contributed by atoms with Gasteiger partial charge in [-0.15, -0.1) is 0 Å². The van der Waals surface area contributed by atoms with Gasteiger partial charge in [-0.2, -0.15) is 0 Å². The van der Waals surface area contributed by atoms with Gasteiger partial charge in [0.25, 0.3) is 0 Å². The topological polar surface area (TPSA) is 87.7 Å². The zero-order valence-electron chi connectivity index (χ0n) is 11.5. The molecule has 0 fully saturated rings. The van der Waals surface area contributed by atoms with E-state index >= 15 is 0 Å². The maximum absolute atomic E-state index is 9.68. The molecule has 1 unspecified atom stereocenters. The minimum atomic E-state index is -0.102. The summed E-state index contributed by atoms with van der Waals surface area (Å²) in [4.78, 5) is 0. The number of aromatic hydroxyl groups is 2. The number of phenolic OH excluding ortho intramolecular Hbond substituents is 2. The minimum absolute atomic E-state index is 0.0159. The fourth-order valence-corrected chi connectivity index (χ4v) is 2.56. The maximum atomic E-state index is 9.68. The van der Waals surface area contributed by atoms with Crippen LogP contribution < -0.4 is 15.8 Å². The Hall–Kier alpha value is -2.40. The second-order valence-electron chi connectivity index (χ2n) is 5.18. The molecule has 1 aliphatic rings. The van der Waals surface area contributed by atoms with Gasteiger partial charge in [0.15, 0.2) is 11.5 Å². The second kappa shape index (κ2) is 5.54. The van der Waals surface area contributed by atoms with E-state index in [0.717, 1.165) is 29.8 Å². The first-order valence-corrected chi connectivity index (χ1v) is 6.90. The number of anilines is 1. The van der Waals surface area contributed by atoms with Gasteiger partial charge in [-0.3, -0.25) is 0 Å². The number of ether oxygens (including phenoxy) is 1. The van der Waals surface area contributed by atoms with Crippen molar-refractivity contribution in [1.82, 2.24) is 5.32 Å². The number of nitrogens with one attached hydrogen (secondary N) is 1. The summed E-state index contributed by atoms with van der Waals surface area (Å²) in [6, 6.07) is 10.5. The predicted molar refractivity (Wildman–Crippen MR) is 80.6 cm³/mol. The fourth-order valence-electron chi connectivity index (χ4n) is 2.56. The Morgan fingerprint density at radius 2 is 1.86 bits per heavy atom. The molecule has 5 nitrogen and oxygen atoms in total. The van der Waals surface area contributed by atoms with Crippen LogP contribution in [0, 0.1) is 0 Å². The number of rotatable bonds is 3. The summed E-state index contributed by atoms with van der Waals surface area (Å²) in [6.07, 6.45) is 0.821. The molecule has 0 aliphatic carbocycles. The van der Waals surface area contributed by atoms with Crippen LogP contribution in [0.3, 0.4) is 0 Å². The van der Waals surface area contributed by atoms with Crippen molar-refractivity contribution >= 4 is 5.69 Å². The standard InChI is InChI=1S/C16H18N2O3/c17-11-1-3-12(4-2-11)21-9-14-13-8-16(20)15(19)7-10(13)5-6-18-14/h1-4,7-8,14,18-20H,5-6,9,17H2. The molecule has 0 spiro atoms. The highest BCUT2D eigenvalue weighted by molar-refractivity contribution is 5.48. The molecular formula is C16H18N2O3. The summed E-state index contributed by atoms with van der Waals surface area (Å²) in [5.41, 5.74) is 8.34. The molecule has 0 aromatic heterocycles. The van der Waals surface area contributed by atoms with Crippen molar-refractivity contribution in [3.05, 3.63) is 47.5 Å². The lowest BCUT2D eigenvalue weighted by Crippen LogP contribution is -2.33. The lowest BCUT2D eigenvalue weighted by atomic mass is 9.94. The van der Waals surface area contributed by atoms with Crippen molar-refractivity contribution in [3.63, 3.8) is 0 Å². The third-order valence-electron chi connectivity index (χ3n) is 3.69. The van der Waals surface area contributed by atoms with Crippen molar-refractivity contribution in [2.75, 3.05) is 18.9 Å². The summed E-state index contributed by atoms with van der Waals surface area (Å²) in [6.45, 7) is 1.26. The first-order valence-electron chi connectivity index (χ1n) is 6.90. The van der Waals surface area contributed by atoms with Gasteiger partial charge < -0.3 is 26.0 Å². The van der Waals surface area contributed by atoms with E-state index in [0.29, 0.717) is 12.3 Å².